The van der Waals surface area contributed by atoms with Crippen LogP contribution in [0.4, 0.5) is 0 Å². The van der Waals surface area contributed by atoms with Crippen molar-refractivity contribution >= 4 is 5.91 Å². The van der Waals surface area contributed by atoms with E-state index in [0.29, 0.717) is 12.0 Å². The van der Waals surface area contributed by atoms with Gasteiger partial charge in [-0.15, -0.1) is 0 Å². The molecule has 0 aromatic carbocycles. The van der Waals surface area contributed by atoms with E-state index in [1.165, 1.54) is 0 Å². The Hall–Kier alpha value is -0.570. The number of nitrogens with two attached hydrogens (primary N) is 1. The second-order valence-corrected chi connectivity index (χ2v) is 5.36. The monoisotopic (exact) mass is 198 g/mol. The number of hydrogen-bond donors (Lipinski definition) is 2. The molecule has 3 heteroatoms. The first-order chi connectivity index (χ1) is 6.36. The van der Waals surface area contributed by atoms with E-state index in [0.717, 1.165) is 12.8 Å². The Kier molecular flexibility index (Phi) is 3.20. The Balaban J connectivity index is 2.36. The van der Waals surface area contributed by atoms with Gasteiger partial charge in [0.15, 0.2) is 0 Å². The third kappa shape index (κ3) is 2.71. The van der Waals surface area contributed by atoms with E-state index in [-0.39, 0.29) is 11.3 Å². The second-order valence-electron chi connectivity index (χ2n) is 5.36. The maximum absolute atomic E-state index is 11.7. The second kappa shape index (κ2) is 3.89. The lowest BCUT2D eigenvalue weighted by molar-refractivity contribution is -0.124. The molecule has 3 N–H and O–H groups in total. The fourth-order valence-corrected chi connectivity index (χ4v) is 1.54. The predicted octanol–water partition coefficient (Wildman–Crippen LogP) is 1.27. The highest BCUT2D eigenvalue weighted by Gasteiger charge is 2.38. The highest BCUT2D eigenvalue weighted by atomic mass is 16.2. The van der Waals surface area contributed by atoms with Gasteiger partial charge < -0.3 is 11.1 Å². The zero-order chi connectivity index (χ0) is 10.9. The lowest BCUT2D eigenvalue weighted by Gasteiger charge is -2.25. The molecule has 1 aliphatic carbocycles. The highest BCUT2D eigenvalue weighted by Crippen LogP contribution is 2.33. The molecule has 1 amide bonds. The normalized spacial score (nSPS) is 28.4. The molecule has 0 spiro atoms. The first kappa shape index (κ1) is 11.5. The molecule has 3 unspecified atom stereocenters. The van der Waals surface area contributed by atoms with Crippen LogP contribution < -0.4 is 11.1 Å². The van der Waals surface area contributed by atoms with Crippen LogP contribution in [0.5, 0.6) is 0 Å². The first-order valence-corrected chi connectivity index (χ1v) is 5.42. The summed E-state index contributed by atoms with van der Waals surface area (Å²) in [5, 5.41) is 3.00. The van der Waals surface area contributed by atoms with Crippen molar-refractivity contribution in [2.75, 3.05) is 0 Å². The minimum Gasteiger partial charge on any atom is -0.352 e. The molecule has 3 nitrogen and oxygen atoms in total. The summed E-state index contributed by atoms with van der Waals surface area (Å²) in [5.74, 6) is 0.685. The standard InChI is InChI=1S/C11H22N2O/c1-5-7-6-8(7)13-10(14)9(12)11(2,3)4/h7-9H,5-6,12H2,1-4H3,(H,13,14). The SMILES string of the molecule is CCC1CC1NC(=O)C(N)C(C)(C)C. The molecular weight excluding hydrogens is 176 g/mol. The molecule has 14 heavy (non-hydrogen) atoms. The summed E-state index contributed by atoms with van der Waals surface area (Å²) in [6, 6.07) is -0.0125. The van der Waals surface area contributed by atoms with Crippen molar-refractivity contribution < 1.29 is 4.79 Å². The molecule has 1 aliphatic rings. The summed E-state index contributed by atoms with van der Waals surface area (Å²) < 4.78 is 0. The Morgan fingerprint density at radius 2 is 2.14 bits per heavy atom. The van der Waals surface area contributed by atoms with E-state index in [1.807, 2.05) is 20.8 Å². The molecule has 1 fully saturated rings. The van der Waals surface area contributed by atoms with Gasteiger partial charge in [-0.05, 0) is 17.8 Å². The number of carbonyl (C=O) groups is 1. The van der Waals surface area contributed by atoms with E-state index in [4.69, 9.17) is 5.73 Å². The molecule has 0 aromatic heterocycles. The van der Waals surface area contributed by atoms with Gasteiger partial charge in [-0.1, -0.05) is 34.1 Å². The summed E-state index contributed by atoms with van der Waals surface area (Å²) >= 11 is 0. The number of rotatable bonds is 3. The summed E-state index contributed by atoms with van der Waals surface area (Å²) in [5.41, 5.74) is 5.69. The Morgan fingerprint density at radius 1 is 1.57 bits per heavy atom. The maximum atomic E-state index is 11.7. The van der Waals surface area contributed by atoms with E-state index in [2.05, 4.69) is 12.2 Å². The minimum atomic E-state index is -0.402. The van der Waals surface area contributed by atoms with Crippen molar-refractivity contribution in [3.8, 4) is 0 Å². The van der Waals surface area contributed by atoms with Gasteiger partial charge in [-0.3, -0.25) is 4.79 Å². The first-order valence-electron chi connectivity index (χ1n) is 5.42. The molecule has 0 bridgehead atoms. The fourth-order valence-electron chi connectivity index (χ4n) is 1.54. The number of nitrogens with one attached hydrogen (secondary N) is 1. The van der Waals surface area contributed by atoms with Crippen molar-refractivity contribution in [3.63, 3.8) is 0 Å². The molecule has 0 saturated heterocycles. The van der Waals surface area contributed by atoms with E-state index in [1.54, 1.807) is 0 Å². The Bertz CT molecular complexity index is 220. The highest BCUT2D eigenvalue weighted by molar-refractivity contribution is 5.82. The Labute approximate surface area is 86.4 Å². The number of carbonyl (C=O) groups excluding carboxylic acids is 1. The summed E-state index contributed by atoms with van der Waals surface area (Å²) in [4.78, 5) is 11.7. The largest absolute Gasteiger partial charge is 0.352 e. The van der Waals surface area contributed by atoms with Crippen molar-refractivity contribution in [1.82, 2.24) is 5.32 Å². The van der Waals surface area contributed by atoms with Gasteiger partial charge in [0, 0.05) is 6.04 Å². The average Bonchev–Trinajstić information content (AvgIpc) is 2.80. The van der Waals surface area contributed by atoms with Crippen molar-refractivity contribution in [2.45, 2.75) is 52.6 Å². The smallest absolute Gasteiger partial charge is 0.237 e. The van der Waals surface area contributed by atoms with Crippen LogP contribution in [0.1, 0.15) is 40.5 Å². The lowest BCUT2D eigenvalue weighted by atomic mass is 9.87. The van der Waals surface area contributed by atoms with Crippen LogP contribution in [0, 0.1) is 11.3 Å². The molecule has 3 atom stereocenters. The van der Waals surface area contributed by atoms with E-state index < -0.39 is 6.04 Å². The zero-order valence-corrected chi connectivity index (χ0v) is 9.63. The Morgan fingerprint density at radius 3 is 2.50 bits per heavy atom. The third-order valence-corrected chi connectivity index (χ3v) is 2.99. The molecule has 82 valence electrons. The van der Waals surface area contributed by atoms with Crippen LogP contribution in [0.25, 0.3) is 0 Å². The van der Waals surface area contributed by atoms with Gasteiger partial charge in [0.25, 0.3) is 0 Å². The van der Waals surface area contributed by atoms with E-state index in [9.17, 15) is 4.79 Å². The van der Waals surface area contributed by atoms with Crippen LogP contribution in [-0.2, 0) is 4.79 Å². The molecule has 1 saturated carbocycles. The van der Waals surface area contributed by atoms with Crippen LogP contribution in [0.2, 0.25) is 0 Å². The molecule has 0 radical (unpaired) electrons. The topological polar surface area (TPSA) is 55.1 Å². The molecular formula is C11H22N2O. The van der Waals surface area contributed by atoms with Crippen molar-refractivity contribution in [1.29, 1.82) is 0 Å². The summed E-state index contributed by atoms with van der Waals surface area (Å²) in [6.07, 6.45) is 2.27. The quantitative estimate of drug-likeness (QED) is 0.717. The molecule has 0 heterocycles. The number of amides is 1. The predicted molar refractivity (Wildman–Crippen MR) is 57.8 cm³/mol. The van der Waals surface area contributed by atoms with Gasteiger partial charge in [0.05, 0.1) is 6.04 Å². The summed E-state index contributed by atoms with van der Waals surface area (Å²) in [6.45, 7) is 8.12. The van der Waals surface area contributed by atoms with Gasteiger partial charge in [0.1, 0.15) is 0 Å². The zero-order valence-electron chi connectivity index (χ0n) is 9.63. The molecule has 1 rings (SSSR count). The summed E-state index contributed by atoms with van der Waals surface area (Å²) in [7, 11) is 0. The molecule has 0 aromatic rings. The maximum Gasteiger partial charge on any atom is 0.237 e. The van der Waals surface area contributed by atoms with Crippen molar-refractivity contribution in [2.24, 2.45) is 17.1 Å². The minimum absolute atomic E-state index is 0.00144. The van der Waals surface area contributed by atoms with Gasteiger partial charge in [0.2, 0.25) is 5.91 Å². The van der Waals surface area contributed by atoms with Crippen LogP contribution >= 0.6 is 0 Å². The van der Waals surface area contributed by atoms with Crippen LogP contribution in [0.15, 0.2) is 0 Å². The lowest BCUT2D eigenvalue weighted by Crippen LogP contribution is -2.49. The van der Waals surface area contributed by atoms with Gasteiger partial charge in [-0.2, -0.15) is 0 Å². The third-order valence-electron chi connectivity index (χ3n) is 2.99. The van der Waals surface area contributed by atoms with Crippen molar-refractivity contribution in [3.05, 3.63) is 0 Å². The van der Waals surface area contributed by atoms with Crippen LogP contribution in [-0.4, -0.2) is 18.0 Å². The van der Waals surface area contributed by atoms with Crippen LogP contribution in [0.3, 0.4) is 0 Å². The van der Waals surface area contributed by atoms with Gasteiger partial charge in [-0.25, -0.2) is 0 Å². The van der Waals surface area contributed by atoms with E-state index >= 15 is 0 Å². The van der Waals surface area contributed by atoms with Gasteiger partial charge >= 0.3 is 0 Å². The number of hydrogen-bond acceptors (Lipinski definition) is 2. The average molecular weight is 198 g/mol. The molecule has 0 aliphatic heterocycles. The fraction of sp³-hybridized carbons (Fsp3) is 0.909.